The van der Waals surface area contributed by atoms with E-state index in [-0.39, 0.29) is 0 Å². The molecule has 2 rings (SSSR count). The fraction of sp³-hybridized carbons (Fsp3) is 0.222. The lowest BCUT2D eigenvalue weighted by atomic mass is 10.2. The van der Waals surface area contributed by atoms with E-state index in [1.165, 1.54) is 0 Å². The molecule has 78 valence electrons. The van der Waals surface area contributed by atoms with Gasteiger partial charge < -0.3 is 5.01 Å². The fourth-order valence-electron chi connectivity index (χ4n) is 1.35. The molecular weight excluding hydrogens is 210 g/mol. The standard InChI is InChI=1S/C9H11N5S/c1-13(2)14-8(11-12-9(14)15)7-3-5-10-6-4-7/h3-6H,1-2H3,(H,12,15). The minimum absolute atomic E-state index is 0.576. The van der Waals surface area contributed by atoms with Crippen LogP contribution in [-0.4, -0.2) is 34.0 Å². The highest BCUT2D eigenvalue weighted by Gasteiger charge is 2.09. The first-order valence-electron chi connectivity index (χ1n) is 4.45. The largest absolute Gasteiger partial charge is 0.315 e. The second-order valence-corrected chi connectivity index (χ2v) is 3.63. The molecule has 0 bridgehead atoms. The number of hydrogen-bond acceptors (Lipinski definition) is 4. The van der Waals surface area contributed by atoms with E-state index in [4.69, 9.17) is 12.2 Å². The van der Waals surface area contributed by atoms with Crippen LogP contribution in [0.15, 0.2) is 24.5 Å². The molecule has 0 fully saturated rings. The summed E-state index contributed by atoms with van der Waals surface area (Å²) >= 11 is 5.14. The van der Waals surface area contributed by atoms with Crippen LogP contribution in [0.4, 0.5) is 0 Å². The number of rotatable bonds is 2. The molecule has 0 atom stereocenters. The number of nitrogens with zero attached hydrogens (tertiary/aromatic N) is 4. The van der Waals surface area contributed by atoms with E-state index in [0.29, 0.717) is 4.77 Å². The molecule has 0 saturated heterocycles. The van der Waals surface area contributed by atoms with Gasteiger partial charge in [0.2, 0.25) is 4.77 Å². The Labute approximate surface area is 92.4 Å². The third-order valence-corrected chi connectivity index (χ3v) is 2.25. The van der Waals surface area contributed by atoms with Gasteiger partial charge >= 0.3 is 0 Å². The Morgan fingerprint density at radius 1 is 1.33 bits per heavy atom. The maximum absolute atomic E-state index is 5.14. The Balaban J connectivity index is 2.59. The average Bonchev–Trinajstić information content (AvgIpc) is 2.61. The molecule has 2 aromatic rings. The monoisotopic (exact) mass is 221 g/mol. The van der Waals surface area contributed by atoms with Gasteiger partial charge in [0.15, 0.2) is 5.82 Å². The molecule has 0 aromatic carbocycles. The van der Waals surface area contributed by atoms with Crippen LogP contribution in [0.2, 0.25) is 0 Å². The SMILES string of the molecule is CN(C)n1c(-c2ccncc2)n[nH]c1=S. The quantitative estimate of drug-likeness (QED) is 0.774. The third-order valence-electron chi connectivity index (χ3n) is 1.99. The van der Waals surface area contributed by atoms with Gasteiger partial charge in [-0.2, -0.15) is 5.10 Å². The normalized spacial score (nSPS) is 10.3. The maximum Gasteiger partial charge on any atom is 0.214 e. The summed E-state index contributed by atoms with van der Waals surface area (Å²) in [6.07, 6.45) is 3.46. The molecule has 1 N–H and O–H groups in total. The van der Waals surface area contributed by atoms with Gasteiger partial charge in [-0.3, -0.25) is 4.98 Å². The van der Waals surface area contributed by atoms with Gasteiger partial charge in [-0.25, -0.2) is 9.77 Å². The van der Waals surface area contributed by atoms with Gasteiger partial charge in [-0.05, 0) is 24.4 Å². The van der Waals surface area contributed by atoms with Crippen molar-refractivity contribution in [2.45, 2.75) is 0 Å². The molecule has 0 aliphatic rings. The highest BCUT2D eigenvalue weighted by molar-refractivity contribution is 7.71. The second-order valence-electron chi connectivity index (χ2n) is 3.25. The van der Waals surface area contributed by atoms with Crippen molar-refractivity contribution in [1.82, 2.24) is 19.9 Å². The van der Waals surface area contributed by atoms with Gasteiger partial charge in [0.05, 0.1) is 0 Å². The van der Waals surface area contributed by atoms with E-state index in [2.05, 4.69) is 15.2 Å². The molecule has 0 radical (unpaired) electrons. The van der Waals surface area contributed by atoms with Crippen LogP contribution < -0.4 is 5.01 Å². The number of hydrogen-bond donors (Lipinski definition) is 1. The van der Waals surface area contributed by atoms with Crippen LogP contribution in [0.1, 0.15) is 0 Å². The van der Waals surface area contributed by atoms with Crippen LogP contribution in [-0.2, 0) is 0 Å². The smallest absolute Gasteiger partial charge is 0.214 e. The number of nitrogens with one attached hydrogen (secondary N) is 1. The van der Waals surface area contributed by atoms with Gasteiger partial charge in [-0.15, -0.1) is 0 Å². The van der Waals surface area contributed by atoms with Crippen molar-refractivity contribution in [2.24, 2.45) is 0 Å². The van der Waals surface area contributed by atoms with Crippen LogP contribution >= 0.6 is 12.2 Å². The highest BCUT2D eigenvalue weighted by Crippen LogP contribution is 2.15. The second kappa shape index (κ2) is 3.82. The Morgan fingerprint density at radius 3 is 2.60 bits per heavy atom. The first-order valence-corrected chi connectivity index (χ1v) is 4.86. The summed E-state index contributed by atoms with van der Waals surface area (Å²) in [5, 5.41) is 8.83. The Morgan fingerprint density at radius 2 is 2.00 bits per heavy atom. The summed E-state index contributed by atoms with van der Waals surface area (Å²) in [7, 11) is 3.83. The number of aromatic nitrogens is 4. The van der Waals surface area contributed by atoms with E-state index in [9.17, 15) is 0 Å². The fourth-order valence-corrected chi connectivity index (χ4v) is 1.65. The van der Waals surface area contributed by atoms with Crippen molar-refractivity contribution >= 4 is 12.2 Å². The zero-order valence-electron chi connectivity index (χ0n) is 8.51. The first-order chi connectivity index (χ1) is 7.20. The molecule has 0 amide bonds. The van der Waals surface area contributed by atoms with Gasteiger partial charge in [0.1, 0.15) is 0 Å². The van der Waals surface area contributed by atoms with E-state index >= 15 is 0 Å². The van der Waals surface area contributed by atoms with Crippen molar-refractivity contribution < 1.29 is 0 Å². The first kappa shape index (κ1) is 9.85. The Kier molecular flexibility index (Phi) is 2.51. The molecule has 15 heavy (non-hydrogen) atoms. The molecule has 0 spiro atoms. The topological polar surface area (TPSA) is 49.7 Å². The van der Waals surface area contributed by atoms with Crippen molar-refractivity contribution in [3.8, 4) is 11.4 Å². The molecule has 2 heterocycles. The van der Waals surface area contributed by atoms with Gasteiger partial charge in [-0.1, -0.05) is 0 Å². The molecule has 5 nitrogen and oxygen atoms in total. The van der Waals surface area contributed by atoms with Crippen LogP contribution in [0.5, 0.6) is 0 Å². The van der Waals surface area contributed by atoms with Crippen LogP contribution in [0.25, 0.3) is 11.4 Å². The predicted molar refractivity (Wildman–Crippen MR) is 60.7 cm³/mol. The van der Waals surface area contributed by atoms with E-state index in [1.54, 1.807) is 12.4 Å². The predicted octanol–water partition coefficient (Wildman–Crippen LogP) is 1.20. The molecule has 0 saturated carbocycles. The molecule has 0 aliphatic carbocycles. The lowest BCUT2D eigenvalue weighted by Crippen LogP contribution is -2.25. The summed E-state index contributed by atoms with van der Waals surface area (Å²) in [6, 6.07) is 3.79. The van der Waals surface area contributed by atoms with Crippen LogP contribution in [0.3, 0.4) is 0 Å². The van der Waals surface area contributed by atoms with E-state index < -0.39 is 0 Å². The van der Waals surface area contributed by atoms with Crippen molar-refractivity contribution in [3.05, 3.63) is 29.3 Å². The van der Waals surface area contributed by atoms with E-state index in [1.807, 2.05) is 35.9 Å². The molecule has 0 unspecified atom stereocenters. The lowest BCUT2D eigenvalue weighted by Gasteiger charge is -2.15. The third kappa shape index (κ3) is 1.75. The van der Waals surface area contributed by atoms with Gasteiger partial charge in [0, 0.05) is 32.1 Å². The van der Waals surface area contributed by atoms with Crippen molar-refractivity contribution in [3.63, 3.8) is 0 Å². The maximum atomic E-state index is 5.14. The van der Waals surface area contributed by atoms with Crippen LogP contribution in [0, 0.1) is 4.77 Å². The number of pyridine rings is 1. The highest BCUT2D eigenvalue weighted by atomic mass is 32.1. The summed E-state index contributed by atoms with van der Waals surface area (Å²) in [4.78, 5) is 3.97. The zero-order valence-corrected chi connectivity index (χ0v) is 9.32. The number of H-pyrrole nitrogens is 1. The van der Waals surface area contributed by atoms with Crippen molar-refractivity contribution in [1.29, 1.82) is 0 Å². The Hall–Kier alpha value is -1.69. The molecule has 2 aromatic heterocycles. The summed E-state index contributed by atoms with van der Waals surface area (Å²) in [5.74, 6) is 0.785. The van der Waals surface area contributed by atoms with Crippen molar-refractivity contribution in [2.75, 3.05) is 19.1 Å². The van der Waals surface area contributed by atoms with E-state index in [0.717, 1.165) is 11.4 Å². The summed E-state index contributed by atoms with van der Waals surface area (Å²) < 4.78 is 2.40. The zero-order chi connectivity index (χ0) is 10.8. The minimum atomic E-state index is 0.576. The average molecular weight is 221 g/mol. The molecule has 6 heteroatoms. The molecule has 0 aliphatic heterocycles. The minimum Gasteiger partial charge on any atom is -0.315 e. The lowest BCUT2D eigenvalue weighted by molar-refractivity contribution is 0.725. The summed E-state index contributed by atoms with van der Waals surface area (Å²) in [5.41, 5.74) is 0.978. The number of aromatic amines is 1. The van der Waals surface area contributed by atoms with Gasteiger partial charge in [0.25, 0.3) is 0 Å². The Bertz CT molecular complexity index is 499. The molecular formula is C9H11N5S. The summed E-state index contributed by atoms with van der Waals surface area (Å²) in [6.45, 7) is 0.